The third-order valence-corrected chi connectivity index (χ3v) is 4.08. The van der Waals surface area contributed by atoms with Crippen molar-refractivity contribution >= 4 is 5.91 Å². The van der Waals surface area contributed by atoms with Gasteiger partial charge in [-0.15, -0.1) is 0 Å². The number of carbonyl (C=O) groups excluding carboxylic acids is 1. The number of benzene rings is 1. The Bertz CT molecular complexity index is 465. The van der Waals surface area contributed by atoms with Gasteiger partial charge in [0.25, 0.3) is 0 Å². The van der Waals surface area contributed by atoms with E-state index in [4.69, 9.17) is 0 Å². The SMILES string of the molecule is CN1C(Cc2ccccc2)C(=O)N2CCCC2N1[O-]. The third-order valence-electron chi connectivity index (χ3n) is 4.08. The minimum atomic E-state index is -0.380. The predicted octanol–water partition coefficient (Wildman–Crippen LogP) is 1.21. The molecule has 2 heterocycles. The number of hydrazine groups is 1. The molecule has 0 bridgehead atoms. The lowest BCUT2D eigenvalue weighted by Gasteiger charge is -2.53. The van der Waals surface area contributed by atoms with Crippen LogP contribution in [0.2, 0.25) is 0 Å². The highest BCUT2D eigenvalue weighted by atomic mass is 16.6. The van der Waals surface area contributed by atoms with Crippen LogP contribution in [-0.4, -0.2) is 46.8 Å². The van der Waals surface area contributed by atoms with Gasteiger partial charge in [0, 0.05) is 13.6 Å². The quantitative estimate of drug-likeness (QED) is 0.802. The van der Waals surface area contributed by atoms with Crippen LogP contribution in [0.3, 0.4) is 0 Å². The van der Waals surface area contributed by atoms with E-state index in [9.17, 15) is 10.0 Å². The number of rotatable bonds is 2. The monoisotopic (exact) mass is 260 g/mol. The Morgan fingerprint density at radius 3 is 2.79 bits per heavy atom. The molecule has 0 N–H and O–H groups in total. The van der Waals surface area contributed by atoms with Gasteiger partial charge in [0.15, 0.2) is 0 Å². The van der Waals surface area contributed by atoms with Crippen molar-refractivity contribution in [3.63, 3.8) is 0 Å². The van der Waals surface area contributed by atoms with Crippen molar-refractivity contribution in [1.29, 1.82) is 0 Å². The number of likely N-dealkylation sites (N-methyl/N-ethyl adjacent to an activating group) is 1. The largest absolute Gasteiger partial charge is 0.770 e. The second-order valence-electron chi connectivity index (χ2n) is 5.24. The van der Waals surface area contributed by atoms with E-state index in [1.165, 1.54) is 0 Å². The molecule has 1 amide bonds. The molecule has 0 spiro atoms. The first-order valence-corrected chi connectivity index (χ1v) is 6.72. The fourth-order valence-electron chi connectivity index (χ4n) is 2.99. The van der Waals surface area contributed by atoms with Crippen molar-refractivity contribution in [3.8, 4) is 0 Å². The summed E-state index contributed by atoms with van der Waals surface area (Å²) in [5.41, 5.74) is 1.08. The molecule has 0 saturated carbocycles. The molecule has 1 aromatic rings. The summed E-state index contributed by atoms with van der Waals surface area (Å²) in [7, 11) is 1.72. The lowest BCUT2D eigenvalue weighted by Crippen LogP contribution is -2.65. The molecule has 2 saturated heterocycles. The molecule has 3 rings (SSSR count). The molecule has 5 heteroatoms. The van der Waals surface area contributed by atoms with Gasteiger partial charge < -0.3 is 10.1 Å². The van der Waals surface area contributed by atoms with E-state index < -0.39 is 0 Å². The summed E-state index contributed by atoms with van der Waals surface area (Å²) in [4.78, 5) is 14.2. The minimum absolute atomic E-state index is 0.0842. The molecule has 2 aliphatic rings. The smallest absolute Gasteiger partial charge is 0.242 e. The topological polar surface area (TPSA) is 49.9 Å². The number of nitrogens with zero attached hydrogens (tertiary/aromatic N) is 3. The zero-order valence-electron chi connectivity index (χ0n) is 11.0. The number of hydrogen-bond donors (Lipinski definition) is 0. The van der Waals surface area contributed by atoms with Crippen molar-refractivity contribution < 1.29 is 4.79 Å². The fraction of sp³-hybridized carbons (Fsp3) is 0.500. The molecule has 2 unspecified atom stereocenters. The van der Waals surface area contributed by atoms with Crippen LogP contribution in [0, 0.1) is 5.21 Å². The van der Waals surface area contributed by atoms with Gasteiger partial charge in [0.1, 0.15) is 6.04 Å². The van der Waals surface area contributed by atoms with Crippen LogP contribution in [-0.2, 0) is 11.2 Å². The van der Waals surface area contributed by atoms with Crippen LogP contribution in [0.1, 0.15) is 18.4 Å². The van der Waals surface area contributed by atoms with Gasteiger partial charge in [0.05, 0.1) is 6.17 Å². The van der Waals surface area contributed by atoms with E-state index in [1.54, 1.807) is 17.0 Å². The number of hydroxylamine groups is 1. The lowest BCUT2D eigenvalue weighted by molar-refractivity contribution is -0.171. The van der Waals surface area contributed by atoms with Crippen LogP contribution in [0.4, 0.5) is 0 Å². The molecule has 2 atom stereocenters. The summed E-state index contributed by atoms with van der Waals surface area (Å²) in [5.74, 6) is 0.0842. The molecule has 0 aromatic heterocycles. The van der Waals surface area contributed by atoms with Crippen molar-refractivity contribution in [1.82, 2.24) is 15.1 Å². The fourth-order valence-corrected chi connectivity index (χ4v) is 2.99. The average Bonchev–Trinajstić information content (AvgIpc) is 2.92. The van der Waals surface area contributed by atoms with E-state index in [1.807, 2.05) is 30.3 Å². The molecule has 5 nitrogen and oxygen atoms in total. The van der Waals surface area contributed by atoms with Crippen LogP contribution in [0.5, 0.6) is 0 Å². The molecule has 2 aliphatic heterocycles. The minimum Gasteiger partial charge on any atom is -0.770 e. The van der Waals surface area contributed by atoms with Crippen LogP contribution in [0.25, 0.3) is 0 Å². The third kappa shape index (κ3) is 2.14. The van der Waals surface area contributed by atoms with Crippen molar-refractivity contribution in [3.05, 3.63) is 41.1 Å². The molecule has 1 aromatic carbocycles. The Hall–Kier alpha value is -1.43. The van der Waals surface area contributed by atoms with E-state index in [2.05, 4.69) is 0 Å². The predicted molar refractivity (Wildman–Crippen MR) is 71.6 cm³/mol. The van der Waals surface area contributed by atoms with Crippen LogP contribution in [0.15, 0.2) is 30.3 Å². The first kappa shape index (κ1) is 12.6. The van der Waals surface area contributed by atoms with Crippen molar-refractivity contribution in [2.45, 2.75) is 31.5 Å². The average molecular weight is 260 g/mol. The first-order valence-electron chi connectivity index (χ1n) is 6.72. The van der Waals surface area contributed by atoms with E-state index >= 15 is 0 Å². The zero-order chi connectivity index (χ0) is 13.4. The maximum absolute atomic E-state index is 12.5. The van der Waals surface area contributed by atoms with Gasteiger partial charge in [-0.25, -0.2) is 5.01 Å². The molecule has 19 heavy (non-hydrogen) atoms. The zero-order valence-corrected chi connectivity index (χ0v) is 11.0. The Morgan fingerprint density at radius 2 is 2.05 bits per heavy atom. The Labute approximate surface area is 112 Å². The molecule has 102 valence electrons. The summed E-state index contributed by atoms with van der Waals surface area (Å²) < 4.78 is 0. The molecule has 0 radical (unpaired) electrons. The summed E-state index contributed by atoms with van der Waals surface area (Å²) in [6, 6.07) is 9.46. The van der Waals surface area contributed by atoms with Gasteiger partial charge in [-0.2, -0.15) is 0 Å². The highest BCUT2D eigenvalue weighted by molar-refractivity contribution is 5.83. The number of amides is 1. The van der Waals surface area contributed by atoms with Crippen molar-refractivity contribution in [2.24, 2.45) is 0 Å². The summed E-state index contributed by atoms with van der Waals surface area (Å²) in [5, 5.41) is 14.7. The van der Waals surface area contributed by atoms with E-state index in [-0.39, 0.29) is 18.1 Å². The number of fused-ring (bicyclic) bond motifs is 1. The van der Waals surface area contributed by atoms with Gasteiger partial charge in [-0.05, 0) is 24.8 Å². The van der Waals surface area contributed by atoms with Gasteiger partial charge in [-0.1, -0.05) is 30.3 Å². The molecule has 2 fully saturated rings. The van der Waals surface area contributed by atoms with E-state index in [0.717, 1.165) is 23.6 Å². The molecular formula is C14H18N3O2-. The van der Waals surface area contributed by atoms with E-state index in [0.29, 0.717) is 13.0 Å². The Kier molecular flexibility index (Phi) is 3.26. The Balaban J connectivity index is 1.82. The van der Waals surface area contributed by atoms with Gasteiger partial charge in [-0.3, -0.25) is 9.97 Å². The second-order valence-corrected chi connectivity index (χ2v) is 5.24. The molecule has 0 aliphatic carbocycles. The van der Waals surface area contributed by atoms with Gasteiger partial charge >= 0.3 is 0 Å². The number of hydrogen-bond acceptors (Lipinski definition) is 4. The standard InChI is InChI=1S/C14H18N3O2/c1-15-12(10-11-6-3-2-4-7-11)14(18)16-9-5-8-13(16)17(15)19/h2-4,6-7,12-13H,5,8-10H2,1H3/q-1. The summed E-state index contributed by atoms with van der Waals surface area (Å²) in [6.45, 7) is 0.710. The lowest BCUT2D eigenvalue weighted by atomic mass is 10.0. The summed E-state index contributed by atoms with van der Waals surface area (Å²) >= 11 is 0. The first-order chi connectivity index (χ1) is 9.18. The normalized spacial score (nSPS) is 28.7. The van der Waals surface area contributed by atoms with Gasteiger partial charge in [0.2, 0.25) is 5.91 Å². The highest BCUT2D eigenvalue weighted by Gasteiger charge is 2.42. The Morgan fingerprint density at radius 1 is 1.32 bits per heavy atom. The number of carbonyl (C=O) groups is 1. The van der Waals surface area contributed by atoms with Crippen LogP contribution < -0.4 is 0 Å². The van der Waals surface area contributed by atoms with Crippen LogP contribution >= 0.6 is 0 Å². The summed E-state index contributed by atoms with van der Waals surface area (Å²) in [6.07, 6.45) is 1.99. The highest BCUT2D eigenvalue weighted by Crippen LogP contribution is 2.29. The maximum atomic E-state index is 12.5. The molecular weight excluding hydrogens is 242 g/mol. The van der Waals surface area contributed by atoms with Crippen molar-refractivity contribution in [2.75, 3.05) is 13.6 Å². The second kappa shape index (κ2) is 4.92. The maximum Gasteiger partial charge on any atom is 0.242 e.